The predicted molar refractivity (Wildman–Crippen MR) is 102 cm³/mol. The molecule has 0 spiro atoms. The van der Waals surface area contributed by atoms with Gasteiger partial charge in [-0.3, -0.25) is 19.2 Å². The summed E-state index contributed by atoms with van der Waals surface area (Å²) in [6, 6.07) is 8.60. The van der Waals surface area contributed by atoms with Crippen LogP contribution >= 0.6 is 11.8 Å². The summed E-state index contributed by atoms with van der Waals surface area (Å²) in [6.45, 7) is 1.40. The lowest BCUT2D eigenvalue weighted by Gasteiger charge is -2.25. The average Bonchev–Trinajstić information content (AvgIpc) is 2.77. The van der Waals surface area contributed by atoms with E-state index in [-0.39, 0.29) is 23.5 Å². The fourth-order valence-corrected chi connectivity index (χ4v) is 3.89. The molecule has 1 fully saturated rings. The molecule has 0 radical (unpaired) electrons. The minimum Gasteiger partial charge on any atom is -0.480 e. The summed E-state index contributed by atoms with van der Waals surface area (Å²) >= 11 is 0.939. The van der Waals surface area contributed by atoms with E-state index < -0.39 is 17.3 Å². The summed E-state index contributed by atoms with van der Waals surface area (Å²) in [5, 5.41) is 10.9. The van der Waals surface area contributed by atoms with Gasteiger partial charge in [0, 0.05) is 13.5 Å². The molecule has 1 aromatic rings. The molecule has 1 aliphatic heterocycles. The molecule has 0 aromatic heterocycles. The highest BCUT2D eigenvalue weighted by Crippen LogP contribution is 2.19. The number of nitrogens with one attached hydrogen (secondary N) is 1. The van der Waals surface area contributed by atoms with E-state index >= 15 is 0 Å². The van der Waals surface area contributed by atoms with E-state index in [2.05, 4.69) is 5.32 Å². The van der Waals surface area contributed by atoms with Crippen LogP contribution in [-0.2, 0) is 25.6 Å². The Morgan fingerprint density at radius 1 is 1.26 bits per heavy atom. The van der Waals surface area contributed by atoms with Crippen LogP contribution in [0.1, 0.15) is 31.7 Å². The first-order valence-corrected chi connectivity index (χ1v) is 9.77. The van der Waals surface area contributed by atoms with Crippen LogP contribution in [0.15, 0.2) is 30.3 Å². The second-order valence-electron chi connectivity index (χ2n) is 6.50. The summed E-state index contributed by atoms with van der Waals surface area (Å²) in [5.41, 5.74) is 0.922. The van der Waals surface area contributed by atoms with Crippen LogP contribution in [0.4, 0.5) is 0 Å². The standard InChI is InChI=1S/C19H24N2O5S/c1-13(22)27-16(11-14-7-3-2-4-8-14)18(25)20-15-9-5-6-10-21(19(15)26)12-17(23)24/h2-4,7-8,15-16H,5-6,9-12H2,1H3,(H,20,25)(H,23,24). The molecule has 0 saturated carbocycles. The van der Waals surface area contributed by atoms with Crippen LogP contribution in [0.3, 0.4) is 0 Å². The lowest BCUT2D eigenvalue weighted by molar-refractivity contribution is -0.145. The quantitative estimate of drug-likeness (QED) is 0.728. The van der Waals surface area contributed by atoms with Crippen LogP contribution in [-0.4, -0.2) is 57.3 Å². The number of carboxylic acids is 1. The fourth-order valence-electron chi connectivity index (χ4n) is 3.04. The van der Waals surface area contributed by atoms with Crippen molar-refractivity contribution < 1.29 is 24.3 Å². The van der Waals surface area contributed by atoms with Gasteiger partial charge in [0.25, 0.3) is 0 Å². The maximum Gasteiger partial charge on any atom is 0.323 e. The maximum atomic E-state index is 12.8. The van der Waals surface area contributed by atoms with Crippen molar-refractivity contribution in [2.75, 3.05) is 13.1 Å². The van der Waals surface area contributed by atoms with E-state index in [1.54, 1.807) is 0 Å². The molecule has 146 valence electrons. The number of amides is 2. The zero-order chi connectivity index (χ0) is 19.8. The van der Waals surface area contributed by atoms with Crippen molar-refractivity contribution in [1.82, 2.24) is 10.2 Å². The molecule has 27 heavy (non-hydrogen) atoms. The van der Waals surface area contributed by atoms with Gasteiger partial charge >= 0.3 is 5.97 Å². The van der Waals surface area contributed by atoms with Gasteiger partial charge in [-0.05, 0) is 31.2 Å². The van der Waals surface area contributed by atoms with Crippen molar-refractivity contribution in [3.05, 3.63) is 35.9 Å². The first-order chi connectivity index (χ1) is 12.9. The number of nitrogens with zero attached hydrogens (tertiary/aromatic N) is 1. The first kappa shape index (κ1) is 21.0. The normalized spacial score (nSPS) is 18.5. The van der Waals surface area contributed by atoms with E-state index in [4.69, 9.17) is 5.11 Å². The Labute approximate surface area is 162 Å². The van der Waals surface area contributed by atoms with Crippen LogP contribution in [0, 0.1) is 0 Å². The zero-order valence-electron chi connectivity index (χ0n) is 15.2. The van der Waals surface area contributed by atoms with E-state index in [1.165, 1.54) is 11.8 Å². The molecular weight excluding hydrogens is 368 g/mol. The number of hydrogen-bond donors (Lipinski definition) is 2. The third-order valence-corrected chi connectivity index (χ3v) is 5.28. The Balaban J connectivity index is 2.08. The summed E-state index contributed by atoms with van der Waals surface area (Å²) in [6.07, 6.45) is 2.25. The van der Waals surface area contributed by atoms with Crippen LogP contribution < -0.4 is 5.32 Å². The molecule has 2 rings (SSSR count). The molecule has 7 nitrogen and oxygen atoms in total. The summed E-state index contributed by atoms with van der Waals surface area (Å²) in [5.74, 6) is -1.84. The Bertz CT molecular complexity index is 695. The summed E-state index contributed by atoms with van der Waals surface area (Å²) < 4.78 is 0. The van der Waals surface area contributed by atoms with Gasteiger partial charge in [0.1, 0.15) is 12.6 Å². The van der Waals surface area contributed by atoms with Crippen molar-refractivity contribution in [2.45, 2.75) is 43.9 Å². The molecule has 2 amide bonds. The van der Waals surface area contributed by atoms with Gasteiger partial charge in [-0.25, -0.2) is 0 Å². The van der Waals surface area contributed by atoms with Gasteiger partial charge in [0.15, 0.2) is 5.12 Å². The number of hydrogen-bond acceptors (Lipinski definition) is 5. The monoisotopic (exact) mass is 392 g/mol. The Hall–Kier alpha value is -2.35. The van der Waals surface area contributed by atoms with Crippen molar-refractivity contribution in [3.63, 3.8) is 0 Å². The molecule has 2 N–H and O–H groups in total. The topological polar surface area (TPSA) is 104 Å². The number of carbonyl (C=O) groups is 4. The largest absolute Gasteiger partial charge is 0.480 e. The Morgan fingerprint density at radius 2 is 1.96 bits per heavy atom. The van der Waals surface area contributed by atoms with Gasteiger partial charge < -0.3 is 15.3 Å². The van der Waals surface area contributed by atoms with Gasteiger partial charge in [0.2, 0.25) is 11.8 Å². The first-order valence-electron chi connectivity index (χ1n) is 8.89. The molecule has 1 saturated heterocycles. The molecule has 0 aliphatic carbocycles. The molecule has 0 bridgehead atoms. The number of rotatable bonds is 7. The molecule has 2 unspecified atom stereocenters. The van der Waals surface area contributed by atoms with E-state index in [0.29, 0.717) is 25.8 Å². The van der Waals surface area contributed by atoms with Crippen molar-refractivity contribution in [3.8, 4) is 0 Å². The third kappa shape index (κ3) is 6.71. The predicted octanol–water partition coefficient (Wildman–Crippen LogP) is 1.46. The molecule has 1 aliphatic rings. The highest BCUT2D eigenvalue weighted by atomic mass is 32.2. The maximum absolute atomic E-state index is 12.8. The lowest BCUT2D eigenvalue weighted by Crippen LogP contribution is -2.50. The van der Waals surface area contributed by atoms with Gasteiger partial charge in [-0.15, -0.1) is 0 Å². The van der Waals surface area contributed by atoms with E-state index in [9.17, 15) is 19.2 Å². The van der Waals surface area contributed by atoms with Crippen molar-refractivity contribution >= 4 is 34.7 Å². The number of thioether (sulfide) groups is 1. The average molecular weight is 392 g/mol. The number of carboxylic acid groups (broad SMARTS) is 1. The minimum atomic E-state index is -1.08. The molecule has 1 aromatic carbocycles. The van der Waals surface area contributed by atoms with Crippen LogP contribution in [0.5, 0.6) is 0 Å². The SMILES string of the molecule is CC(=O)SC(Cc1ccccc1)C(=O)NC1CCCCN(CC(=O)O)C1=O. The fraction of sp³-hybridized carbons (Fsp3) is 0.474. The molecule has 2 atom stereocenters. The van der Waals surface area contributed by atoms with E-state index in [0.717, 1.165) is 23.7 Å². The summed E-state index contributed by atoms with van der Waals surface area (Å²) in [4.78, 5) is 49.2. The minimum absolute atomic E-state index is 0.175. The van der Waals surface area contributed by atoms with Gasteiger partial charge in [-0.2, -0.15) is 0 Å². The molecule has 8 heteroatoms. The highest BCUT2D eigenvalue weighted by Gasteiger charge is 2.31. The number of benzene rings is 1. The lowest BCUT2D eigenvalue weighted by atomic mass is 10.1. The second kappa shape index (κ2) is 10.1. The third-order valence-electron chi connectivity index (χ3n) is 4.29. The van der Waals surface area contributed by atoms with Gasteiger partial charge in [0.05, 0.1) is 5.25 Å². The Morgan fingerprint density at radius 3 is 2.59 bits per heavy atom. The highest BCUT2D eigenvalue weighted by molar-refractivity contribution is 8.14. The van der Waals surface area contributed by atoms with Crippen molar-refractivity contribution in [1.29, 1.82) is 0 Å². The zero-order valence-corrected chi connectivity index (χ0v) is 16.0. The molecular formula is C19H24N2O5S. The van der Waals surface area contributed by atoms with E-state index in [1.807, 2.05) is 30.3 Å². The number of carbonyl (C=O) groups excluding carboxylic acids is 3. The smallest absolute Gasteiger partial charge is 0.323 e. The van der Waals surface area contributed by atoms with Crippen molar-refractivity contribution in [2.24, 2.45) is 0 Å². The van der Waals surface area contributed by atoms with Gasteiger partial charge in [-0.1, -0.05) is 42.1 Å². The summed E-state index contributed by atoms with van der Waals surface area (Å²) in [7, 11) is 0. The molecule has 1 heterocycles. The number of aliphatic carboxylic acids is 1. The number of likely N-dealkylation sites (tertiary alicyclic amines) is 1. The Kier molecular flexibility index (Phi) is 7.84. The second-order valence-corrected chi connectivity index (χ2v) is 7.88. The van der Waals surface area contributed by atoms with Crippen LogP contribution in [0.25, 0.3) is 0 Å². The van der Waals surface area contributed by atoms with Crippen LogP contribution in [0.2, 0.25) is 0 Å².